The summed E-state index contributed by atoms with van der Waals surface area (Å²) in [7, 11) is 3.12. The molecule has 0 aliphatic rings. The highest BCUT2D eigenvalue weighted by atomic mass is 16.5. The SMILES string of the molecule is CCOc1cc(C(=O)Nc2ccc(OC)c(OCc3cccnc3)c2)ccc1OC. The zero-order chi connectivity index (χ0) is 21.3. The zero-order valence-electron chi connectivity index (χ0n) is 17.2. The Bertz CT molecular complexity index is 992. The van der Waals surface area contributed by atoms with Gasteiger partial charge in [0.05, 0.1) is 20.8 Å². The minimum atomic E-state index is -0.276. The largest absolute Gasteiger partial charge is 0.493 e. The average molecular weight is 408 g/mol. The first-order valence-electron chi connectivity index (χ1n) is 9.46. The van der Waals surface area contributed by atoms with Gasteiger partial charge in [0, 0.05) is 35.3 Å². The van der Waals surface area contributed by atoms with E-state index < -0.39 is 0 Å². The van der Waals surface area contributed by atoms with Crippen molar-refractivity contribution in [2.24, 2.45) is 0 Å². The van der Waals surface area contributed by atoms with Crippen LogP contribution in [0.4, 0.5) is 5.69 Å². The maximum Gasteiger partial charge on any atom is 0.255 e. The summed E-state index contributed by atoms with van der Waals surface area (Å²) in [5.74, 6) is 1.90. The number of hydrogen-bond acceptors (Lipinski definition) is 6. The molecule has 0 fully saturated rings. The lowest BCUT2D eigenvalue weighted by Gasteiger charge is -2.14. The van der Waals surface area contributed by atoms with Gasteiger partial charge in [0.2, 0.25) is 0 Å². The molecule has 0 aliphatic carbocycles. The van der Waals surface area contributed by atoms with Crippen LogP contribution in [0, 0.1) is 0 Å². The second-order valence-electron chi connectivity index (χ2n) is 6.27. The molecule has 0 unspecified atom stereocenters. The molecule has 7 nitrogen and oxygen atoms in total. The average Bonchev–Trinajstić information content (AvgIpc) is 2.78. The Morgan fingerprint density at radius 2 is 1.67 bits per heavy atom. The number of pyridine rings is 1. The third kappa shape index (κ3) is 5.20. The molecule has 0 aliphatic heterocycles. The van der Waals surface area contributed by atoms with Gasteiger partial charge in [-0.2, -0.15) is 0 Å². The predicted octanol–water partition coefficient (Wildman–Crippen LogP) is 4.33. The van der Waals surface area contributed by atoms with E-state index in [9.17, 15) is 4.79 Å². The summed E-state index contributed by atoms with van der Waals surface area (Å²) < 4.78 is 22.0. The molecule has 30 heavy (non-hydrogen) atoms. The Kier molecular flexibility index (Phi) is 7.10. The van der Waals surface area contributed by atoms with Crippen LogP contribution in [-0.4, -0.2) is 31.7 Å². The third-order valence-electron chi connectivity index (χ3n) is 4.26. The van der Waals surface area contributed by atoms with Gasteiger partial charge < -0.3 is 24.3 Å². The van der Waals surface area contributed by atoms with Crippen molar-refractivity contribution in [2.75, 3.05) is 26.1 Å². The van der Waals surface area contributed by atoms with Gasteiger partial charge in [-0.3, -0.25) is 9.78 Å². The highest BCUT2D eigenvalue weighted by Crippen LogP contribution is 2.32. The van der Waals surface area contributed by atoms with Gasteiger partial charge in [0.15, 0.2) is 23.0 Å². The number of benzene rings is 2. The Morgan fingerprint density at radius 1 is 0.933 bits per heavy atom. The second kappa shape index (κ2) is 10.2. The van der Waals surface area contributed by atoms with E-state index in [4.69, 9.17) is 18.9 Å². The molecule has 2 aromatic carbocycles. The first-order chi connectivity index (χ1) is 14.6. The number of ether oxygens (including phenoxy) is 4. The van der Waals surface area contributed by atoms with Crippen molar-refractivity contribution < 1.29 is 23.7 Å². The number of aromatic nitrogens is 1. The Balaban J connectivity index is 1.76. The van der Waals surface area contributed by atoms with Crippen LogP contribution in [0.3, 0.4) is 0 Å². The van der Waals surface area contributed by atoms with Crippen LogP contribution >= 0.6 is 0 Å². The highest BCUT2D eigenvalue weighted by Gasteiger charge is 2.13. The molecule has 156 valence electrons. The zero-order valence-corrected chi connectivity index (χ0v) is 17.2. The van der Waals surface area contributed by atoms with Crippen LogP contribution in [0.15, 0.2) is 60.9 Å². The molecule has 1 heterocycles. The number of anilines is 1. The summed E-state index contributed by atoms with van der Waals surface area (Å²) in [6, 6.07) is 14.0. The van der Waals surface area contributed by atoms with Crippen LogP contribution in [-0.2, 0) is 6.61 Å². The molecule has 0 spiro atoms. The number of nitrogens with one attached hydrogen (secondary N) is 1. The summed E-state index contributed by atoms with van der Waals surface area (Å²) in [5, 5.41) is 2.87. The third-order valence-corrected chi connectivity index (χ3v) is 4.26. The fourth-order valence-electron chi connectivity index (χ4n) is 2.80. The summed E-state index contributed by atoms with van der Waals surface area (Å²) >= 11 is 0. The Hall–Kier alpha value is -3.74. The summed E-state index contributed by atoms with van der Waals surface area (Å²) in [4.78, 5) is 16.8. The lowest BCUT2D eigenvalue weighted by atomic mass is 10.1. The molecule has 1 N–H and O–H groups in total. The molecule has 3 aromatic rings. The fourth-order valence-corrected chi connectivity index (χ4v) is 2.80. The molecule has 1 amide bonds. The lowest BCUT2D eigenvalue weighted by molar-refractivity contribution is 0.102. The van der Waals surface area contributed by atoms with Crippen LogP contribution in [0.5, 0.6) is 23.0 Å². The van der Waals surface area contributed by atoms with E-state index in [1.54, 1.807) is 63.0 Å². The quantitative estimate of drug-likeness (QED) is 0.568. The van der Waals surface area contributed by atoms with Gasteiger partial charge in [-0.05, 0) is 43.3 Å². The molecule has 0 saturated carbocycles. The molecule has 0 bridgehead atoms. The Labute approximate surface area is 175 Å². The number of hydrogen-bond donors (Lipinski definition) is 1. The van der Waals surface area contributed by atoms with Gasteiger partial charge in [-0.1, -0.05) is 6.07 Å². The van der Waals surface area contributed by atoms with Crippen molar-refractivity contribution in [1.82, 2.24) is 4.98 Å². The molecule has 7 heteroatoms. The summed E-state index contributed by atoms with van der Waals surface area (Å²) in [6.45, 7) is 2.67. The van der Waals surface area contributed by atoms with Crippen molar-refractivity contribution in [3.8, 4) is 23.0 Å². The van der Waals surface area contributed by atoms with E-state index in [2.05, 4.69) is 10.3 Å². The van der Waals surface area contributed by atoms with Crippen molar-refractivity contribution in [3.63, 3.8) is 0 Å². The van der Waals surface area contributed by atoms with E-state index in [-0.39, 0.29) is 5.91 Å². The Morgan fingerprint density at radius 3 is 2.33 bits per heavy atom. The van der Waals surface area contributed by atoms with E-state index in [1.807, 2.05) is 19.1 Å². The first-order valence-corrected chi connectivity index (χ1v) is 9.46. The molecule has 0 atom stereocenters. The summed E-state index contributed by atoms with van der Waals surface area (Å²) in [6.07, 6.45) is 3.44. The standard InChI is InChI=1S/C23H24N2O5/c1-4-29-21-12-17(7-9-19(21)27-2)23(26)25-18-8-10-20(28-3)22(13-18)30-15-16-6-5-11-24-14-16/h5-14H,4,15H2,1-3H3,(H,25,26). The van der Waals surface area contributed by atoms with Gasteiger partial charge >= 0.3 is 0 Å². The van der Waals surface area contributed by atoms with Crippen LogP contribution in [0.2, 0.25) is 0 Å². The molecular formula is C23H24N2O5. The maximum atomic E-state index is 12.7. The van der Waals surface area contributed by atoms with Crippen molar-refractivity contribution >= 4 is 11.6 Å². The highest BCUT2D eigenvalue weighted by molar-refractivity contribution is 6.04. The lowest BCUT2D eigenvalue weighted by Crippen LogP contribution is -2.12. The number of carbonyl (C=O) groups is 1. The van der Waals surface area contributed by atoms with Crippen molar-refractivity contribution in [1.29, 1.82) is 0 Å². The van der Waals surface area contributed by atoms with Gasteiger partial charge in [0.1, 0.15) is 6.61 Å². The van der Waals surface area contributed by atoms with Crippen LogP contribution in [0.1, 0.15) is 22.8 Å². The summed E-state index contributed by atoms with van der Waals surface area (Å²) in [5.41, 5.74) is 1.96. The molecule has 0 radical (unpaired) electrons. The smallest absolute Gasteiger partial charge is 0.255 e. The number of nitrogens with zero attached hydrogens (tertiary/aromatic N) is 1. The number of rotatable bonds is 9. The number of methoxy groups -OCH3 is 2. The molecular weight excluding hydrogens is 384 g/mol. The monoisotopic (exact) mass is 408 g/mol. The van der Waals surface area contributed by atoms with Gasteiger partial charge in [-0.25, -0.2) is 0 Å². The van der Waals surface area contributed by atoms with Crippen LogP contribution < -0.4 is 24.3 Å². The normalized spacial score (nSPS) is 10.2. The maximum absolute atomic E-state index is 12.7. The second-order valence-corrected chi connectivity index (χ2v) is 6.27. The fraction of sp³-hybridized carbons (Fsp3) is 0.217. The van der Waals surface area contributed by atoms with E-state index >= 15 is 0 Å². The predicted molar refractivity (Wildman–Crippen MR) is 114 cm³/mol. The molecule has 3 rings (SSSR count). The van der Waals surface area contributed by atoms with Crippen LogP contribution in [0.25, 0.3) is 0 Å². The minimum absolute atomic E-state index is 0.276. The van der Waals surface area contributed by atoms with E-state index in [1.165, 1.54) is 0 Å². The minimum Gasteiger partial charge on any atom is -0.493 e. The van der Waals surface area contributed by atoms with E-state index in [0.717, 1.165) is 5.56 Å². The van der Waals surface area contributed by atoms with Gasteiger partial charge in [-0.15, -0.1) is 0 Å². The topological polar surface area (TPSA) is 78.9 Å². The van der Waals surface area contributed by atoms with E-state index in [0.29, 0.717) is 47.5 Å². The van der Waals surface area contributed by atoms with Crippen molar-refractivity contribution in [2.45, 2.75) is 13.5 Å². The van der Waals surface area contributed by atoms with Crippen molar-refractivity contribution in [3.05, 3.63) is 72.1 Å². The number of carbonyl (C=O) groups excluding carboxylic acids is 1. The first kappa shape index (κ1) is 21.0. The molecule has 1 aromatic heterocycles. The number of amides is 1. The molecule has 0 saturated heterocycles. The van der Waals surface area contributed by atoms with Gasteiger partial charge in [0.25, 0.3) is 5.91 Å².